The van der Waals surface area contributed by atoms with Crippen molar-refractivity contribution in [1.82, 2.24) is 19.5 Å². The maximum Gasteiger partial charge on any atom is 0.242 e. The van der Waals surface area contributed by atoms with E-state index in [1.54, 1.807) is 19.2 Å². The third kappa shape index (κ3) is 5.82. The molecule has 0 aliphatic carbocycles. The summed E-state index contributed by atoms with van der Waals surface area (Å²) in [6.07, 6.45) is 1.82. The van der Waals surface area contributed by atoms with Crippen LogP contribution in [0.4, 0.5) is 5.82 Å². The number of halogens is 1. The highest BCUT2D eigenvalue weighted by molar-refractivity contribution is 14.0. The van der Waals surface area contributed by atoms with E-state index < -0.39 is 10.0 Å². The van der Waals surface area contributed by atoms with Crippen molar-refractivity contribution < 1.29 is 8.42 Å². The van der Waals surface area contributed by atoms with Gasteiger partial charge in [-0.15, -0.1) is 24.0 Å². The third-order valence-corrected chi connectivity index (χ3v) is 6.75. The molecule has 1 N–H and O–H groups in total. The van der Waals surface area contributed by atoms with Crippen molar-refractivity contribution in [1.29, 1.82) is 0 Å². The van der Waals surface area contributed by atoms with E-state index in [9.17, 15) is 8.42 Å². The van der Waals surface area contributed by atoms with Crippen molar-refractivity contribution in [3.63, 3.8) is 0 Å². The van der Waals surface area contributed by atoms with Crippen LogP contribution in [0.5, 0.6) is 0 Å². The normalized spacial score (nSPS) is 15.1. The predicted octanol–water partition coefficient (Wildman–Crippen LogP) is 1.85. The Hall–Kier alpha value is -1.92. The van der Waals surface area contributed by atoms with Crippen molar-refractivity contribution in [3.8, 4) is 0 Å². The molecule has 1 aromatic carbocycles. The number of anilines is 1. The Morgan fingerprint density at radius 2 is 1.77 bits per heavy atom. The summed E-state index contributed by atoms with van der Waals surface area (Å²) in [6.45, 7) is 4.06. The van der Waals surface area contributed by atoms with E-state index in [1.807, 2.05) is 36.5 Å². The van der Waals surface area contributed by atoms with Crippen LogP contribution in [0.1, 0.15) is 5.56 Å². The molecule has 0 unspecified atom stereocenters. The third-order valence-electron chi connectivity index (χ3n) is 4.92. The van der Waals surface area contributed by atoms with Crippen molar-refractivity contribution in [2.45, 2.75) is 11.4 Å². The summed E-state index contributed by atoms with van der Waals surface area (Å²) in [5.74, 6) is 1.85. The summed E-state index contributed by atoms with van der Waals surface area (Å²) in [6, 6.07) is 12.9. The van der Waals surface area contributed by atoms with E-state index in [0.717, 1.165) is 43.5 Å². The van der Waals surface area contributed by atoms with Gasteiger partial charge in [-0.3, -0.25) is 4.99 Å². The quantitative estimate of drug-likeness (QED) is 0.352. The van der Waals surface area contributed by atoms with Crippen LogP contribution in [-0.4, -0.2) is 75.9 Å². The molecule has 30 heavy (non-hydrogen) atoms. The zero-order valence-corrected chi connectivity index (χ0v) is 20.7. The summed E-state index contributed by atoms with van der Waals surface area (Å²) in [4.78, 5) is 13.6. The van der Waals surface area contributed by atoms with Crippen LogP contribution >= 0.6 is 24.0 Å². The second-order valence-corrected chi connectivity index (χ2v) is 9.15. The van der Waals surface area contributed by atoms with Crippen molar-refractivity contribution >= 4 is 45.8 Å². The molecule has 8 nitrogen and oxygen atoms in total. The Labute approximate surface area is 196 Å². The highest BCUT2D eigenvalue weighted by Gasteiger charge is 2.20. The molecule has 0 radical (unpaired) electrons. The molecule has 2 aromatic rings. The predicted molar refractivity (Wildman–Crippen MR) is 131 cm³/mol. The Morgan fingerprint density at radius 3 is 2.30 bits per heavy atom. The van der Waals surface area contributed by atoms with E-state index in [1.165, 1.54) is 18.4 Å². The van der Waals surface area contributed by atoms with Gasteiger partial charge < -0.3 is 15.1 Å². The van der Waals surface area contributed by atoms with Gasteiger partial charge >= 0.3 is 0 Å². The van der Waals surface area contributed by atoms with Crippen LogP contribution in [0.25, 0.3) is 0 Å². The standard InChI is InChI=1S/C20H28N6O2S.HI/c1-21-20(26-14-12-25(13-15-26)19-6-4-5-11-22-19)23-16-17-7-9-18(10-8-17)29(27,28)24(2)3;/h4-11H,12-16H2,1-3H3,(H,21,23);1H. The van der Waals surface area contributed by atoms with E-state index in [2.05, 4.69) is 25.1 Å². The number of pyridine rings is 1. The molecule has 0 bridgehead atoms. The van der Waals surface area contributed by atoms with Crippen molar-refractivity contribution in [2.24, 2.45) is 4.99 Å². The number of rotatable bonds is 5. The number of sulfonamides is 1. The first-order valence-electron chi connectivity index (χ1n) is 9.55. The molecule has 1 aliphatic rings. The van der Waals surface area contributed by atoms with Gasteiger partial charge in [0, 0.05) is 60.1 Å². The van der Waals surface area contributed by atoms with Gasteiger partial charge in [-0.25, -0.2) is 17.7 Å². The maximum absolute atomic E-state index is 12.2. The molecule has 0 saturated carbocycles. The lowest BCUT2D eigenvalue weighted by molar-refractivity contribution is 0.371. The minimum Gasteiger partial charge on any atom is -0.353 e. The number of nitrogens with zero attached hydrogens (tertiary/aromatic N) is 5. The number of guanidine groups is 1. The van der Waals surface area contributed by atoms with Crippen LogP contribution in [0.3, 0.4) is 0 Å². The van der Waals surface area contributed by atoms with Gasteiger partial charge in [0.05, 0.1) is 4.90 Å². The highest BCUT2D eigenvalue weighted by Crippen LogP contribution is 2.15. The van der Waals surface area contributed by atoms with Crippen LogP contribution < -0.4 is 10.2 Å². The van der Waals surface area contributed by atoms with Gasteiger partial charge in [-0.1, -0.05) is 18.2 Å². The summed E-state index contributed by atoms with van der Waals surface area (Å²) in [7, 11) is 1.43. The summed E-state index contributed by atoms with van der Waals surface area (Å²) in [5.41, 5.74) is 0.996. The SMILES string of the molecule is CN=C(NCc1ccc(S(=O)(=O)N(C)C)cc1)N1CCN(c2ccccn2)CC1.I. The molecule has 0 amide bonds. The molecule has 10 heteroatoms. The number of hydrogen-bond donors (Lipinski definition) is 1. The van der Waals surface area contributed by atoms with Gasteiger partial charge in [-0.2, -0.15) is 0 Å². The van der Waals surface area contributed by atoms with Crippen LogP contribution in [0.2, 0.25) is 0 Å². The minimum atomic E-state index is -3.40. The average molecular weight is 544 g/mol. The molecule has 1 fully saturated rings. The number of benzene rings is 1. The zero-order valence-electron chi connectivity index (χ0n) is 17.5. The molecule has 1 aliphatic heterocycles. The molecule has 164 valence electrons. The van der Waals surface area contributed by atoms with E-state index in [-0.39, 0.29) is 24.0 Å². The minimum absolute atomic E-state index is 0. The Balaban J connectivity index is 0.00000320. The Bertz CT molecular complexity index is 928. The Morgan fingerprint density at radius 1 is 1.10 bits per heavy atom. The summed E-state index contributed by atoms with van der Waals surface area (Å²) in [5, 5.41) is 3.37. The fourth-order valence-corrected chi connectivity index (χ4v) is 4.09. The Kier molecular flexibility index (Phi) is 8.86. The first-order valence-corrected chi connectivity index (χ1v) is 11.0. The first kappa shape index (κ1) is 24.4. The van der Waals surface area contributed by atoms with Crippen molar-refractivity contribution in [3.05, 3.63) is 54.2 Å². The number of hydrogen-bond acceptors (Lipinski definition) is 5. The van der Waals surface area contributed by atoms with E-state index in [0.29, 0.717) is 11.4 Å². The molecule has 0 atom stereocenters. The lowest BCUT2D eigenvalue weighted by atomic mass is 10.2. The van der Waals surface area contributed by atoms with Gasteiger partial charge in [0.2, 0.25) is 10.0 Å². The van der Waals surface area contributed by atoms with Gasteiger partial charge in [-0.05, 0) is 29.8 Å². The van der Waals surface area contributed by atoms with E-state index in [4.69, 9.17) is 0 Å². The van der Waals surface area contributed by atoms with Crippen LogP contribution in [-0.2, 0) is 16.6 Å². The molecule has 2 heterocycles. The number of aliphatic imine (C=N–C) groups is 1. The van der Waals surface area contributed by atoms with Crippen molar-refractivity contribution in [2.75, 3.05) is 52.2 Å². The summed E-state index contributed by atoms with van der Waals surface area (Å²) >= 11 is 0. The topological polar surface area (TPSA) is 81.1 Å². The lowest BCUT2D eigenvalue weighted by Crippen LogP contribution is -2.52. The highest BCUT2D eigenvalue weighted by atomic mass is 127. The monoisotopic (exact) mass is 544 g/mol. The number of nitrogens with one attached hydrogen (secondary N) is 1. The largest absolute Gasteiger partial charge is 0.353 e. The lowest BCUT2D eigenvalue weighted by Gasteiger charge is -2.37. The molecule has 3 rings (SSSR count). The number of piperazine rings is 1. The average Bonchev–Trinajstić information content (AvgIpc) is 2.75. The van der Waals surface area contributed by atoms with Crippen LogP contribution in [0.15, 0.2) is 58.5 Å². The first-order chi connectivity index (χ1) is 13.9. The maximum atomic E-state index is 12.2. The second-order valence-electron chi connectivity index (χ2n) is 6.99. The van der Waals surface area contributed by atoms with Gasteiger partial charge in [0.15, 0.2) is 5.96 Å². The van der Waals surface area contributed by atoms with E-state index >= 15 is 0 Å². The van der Waals surface area contributed by atoms with Gasteiger partial charge in [0.1, 0.15) is 5.82 Å². The second kappa shape index (κ2) is 10.9. The zero-order chi connectivity index (χ0) is 20.9. The fourth-order valence-electron chi connectivity index (χ4n) is 3.19. The molecule has 1 saturated heterocycles. The smallest absolute Gasteiger partial charge is 0.242 e. The summed E-state index contributed by atoms with van der Waals surface area (Å²) < 4.78 is 25.5. The number of aromatic nitrogens is 1. The fraction of sp³-hybridized carbons (Fsp3) is 0.400. The molecule has 0 spiro atoms. The van der Waals surface area contributed by atoms with Gasteiger partial charge in [0.25, 0.3) is 0 Å². The molecule has 1 aromatic heterocycles. The molecular weight excluding hydrogens is 515 g/mol. The van der Waals surface area contributed by atoms with Crippen LogP contribution in [0, 0.1) is 0 Å². The molecular formula is C20H29IN6O2S.